The summed E-state index contributed by atoms with van der Waals surface area (Å²) in [4.78, 5) is 0. The lowest BCUT2D eigenvalue weighted by Gasteiger charge is -2.17. The minimum Gasteiger partial charge on any atom is -0.507 e. The number of benzene rings is 2. The van der Waals surface area contributed by atoms with Gasteiger partial charge in [-0.25, -0.2) is 4.68 Å². The molecule has 3 rings (SSSR count). The van der Waals surface area contributed by atoms with Gasteiger partial charge in [0.1, 0.15) is 18.2 Å². The van der Waals surface area contributed by atoms with Crippen LogP contribution in [0.4, 0.5) is 14.5 Å². The quantitative estimate of drug-likeness (QED) is 0.208. The van der Waals surface area contributed by atoms with Crippen molar-refractivity contribution in [2.24, 2.45) is 0 Å². The highest BCUT2D eigenvalue weighted by molar-refractivity contribution is 9.10. The monoisotopic (exact) mass is 595 g/mol. The van der Waals surface area contributed by atoms with Gasteiger partial charge in [-0.3, -0.25) is 0 Å². The third kappa shape index (κ3) is 9.07. The summed E-state index contributed by atoms with van der Waals surface area (Å²) in [5, 5.41) is 14.1. The van der Waals surface area contributed by atoms with Gasteiger partial charge in [-0.15, -0.1) is 0 Å². The highest BCUT2D eigenvalue weighted by atomic mass is 79.9. The van der Waals surface area contributed by atoms with E-state index in [-0.39, 0.29) is 18.2 Å². The van der Waals surface area contributed by atoms with E-state index in [1.54, 1.807) is 12.1 Å². The number of anilines is 1. The van der Waals surface area contributed by atoms with Crippen molar-refractivity contribution in [3.8, 4) is 22.8 Å². The molecule has 6 nitrogen and oxygen atoms in total. The second-order valence-electron chi connectivity index (χ2n) is 8.41. The molecule has 0 fully saturated rings. The van der Waals surface area contributed by atoms with Crippen LogP contribution in [0.5, 0.6) is 11.5 Å². The van der Waals surface area contributed by atoms with E-state index < -0.39 is 14.7 Å². The number of nitrogen functional groups attached to an aromatic ring is 1. The van der Waals surface area contributed by atoms with Gasteiger partial charge in [-0.05, 0) is 58.4 Å². The van der Waals surface area contributed by atoms with Gasteiger partial charge in [0.2, 0.25) is 0 Å². The van der Waals surface area contributed by atoms with Gasteiger partial charge < -0.3 is 20.3 Å². The van der Waals surface area contributed by atoms with Gasteiger partial charge in [-0.1, -0.05) is 42.8 Å². The van der Waals surface area contributed by atoms with Crippen molar-refractivity contribution in [1.82, 2.24) is 9.78 Å². The Morgan fingerprint density at radius 2 is 1.79 bits per heavy atom. The minimum atomic E-state index is -2.95. The highest BCUT2D eigenvalue weighted by Crippen LogP contribution is 2.36. The third-order valence-corrected chi connectivity index (χ3v) is 7.21. The molecule has 1 aromatic heterocycles. The number of aromatic hydroxyl groups is 1. The summed E-state index contributed by atoms with van der Waals surface area (Å²) >= 11 is 14.7. The number of alkyl halides is 2. The maximum atomic E-state index is 12.7. The summed E-state index contributed by atoms with van der Waals surface area (Å²) in [6, 6.07) is 10.2. The number of ether oxygens (including phenoxy) is 2. The first-order valence-electron chi connectivity index (χ1n) is 10.1. The number of hydrogen-bond acceptors (Lipinski definition) is 5. The first-order valence-corrected chi connectivity index (χ1v) is 15.4. The molecular formula is C22H26BrCl2F2N3O3Si. The molecule has 34 heavy (non-hydrogen) atoms. The molecule has 0 atom stereocenters. The fourth-order valence-electron chi connectivity index (χ4n) is 2.69. The van der Waals surface area contributed by atoms with E-state index in [0.717, 1.165) is 6.04 Å². The molecule has 0 amide bonds. The average molecular weight is 597 g/mol. The predicted octanol–water partition coefficient (Wildman–Crippen LogP) is 7.51. The minimum absolute atomic E-state index is 0.0186. The van der Waals surface area contributed by atoms with Gasteiger partial charge >= 0.3 is 6.61 Å². The molecule has 12 heteroatoms. The molecule has 0 aliphatic rings. The van der Waals surface area contributed by atoms with Crippen molar-refractivity contribution < 1.29 is 23.4 Å². The lowest BCUT2D eigenvalue weighted by atomic mass is 10.1. The molecule has 0 bridgehead atoms. The van der Waals surface area contributed by atoms with Crippen LogP contribution in [-0.2, 0) is 11.5 Å². The van der Waals surface area contributed by atoms with Gasteiger partial charge in [0, 0.05) is 30.3 Å². The number of nitrogens with zero attached hydrogens (tertiary/aromatic N) is 2. The molecule has 1 heterocycles. The Balaban J connectivity index is 0.000000379. The number of phenolic OH excluding ortho intramolecular Hbond substituents is 1. The van der Waals surface area contributed by atoms with Crippen molar-refractivity contribution in [3.05, 3.63) is 57.1 Å². The predicted molar refractivity (Wildman–Crippen MR) is 139 cm³/mol. The van der Waals surface area contributed by atoms with E-state index in [9.17, 15) is 8.78 Å². The molecule has 0 saturated carbocycles. The molecule has 3 aromatic rings. The van der Waals surface area contributed by atoms with Crippen LogP contribution in [0.15, 0.2) is 47.1 Å². The standard InChI is InChI=1S/C16H22ClF2N3O2Si.C6H4BrClO/c1-25(2,3)7-6-23-10-22-15(13(20)9-21-22)12-8-11(17)4-5-14(12)24-16(18)19;7-5-3-4(8)1-2-6(5)9/h4-5,8-9,16H,6-7,10,20H2,1-3H3;1-3,9H. The Kier molecular flexibility index (Phi) is 10.6. The van der Waals surface area contributed by atoms with E-state index >= 15 is 0 Å². The van der Waals surface area contributed by atoms with Gasteiger partial charge in [0.25, 0.3) is 0 Å². The molecule has 2 aromatic carbocycles. The zero-order valence-corrected chi connectivity index (χ0v) is 23.0. The summed E-state index contributed by atoms with van der Waals surface area (Å²) < 4.78 is 37.7. The second kappa shape index (κ2) is 12.7. The van der Waals surface area contributed by atoms with E-state index in [4.69, 9.17) is 38.8 Å². The van der Waals surface area contributed by atoms with E-state index in [1.165, 1.54) is 35.1 Å². The fraction of sp³-hybridized carbons (Fsp3) is 0.318. The Labute approximate surface area is 216 Å². The Bertz CT molecular complexity index is 1100. The van der Waals surface area contributed by atoms with Gasteiger partial charge in [-0.2, -0.15) is 13.9 Å². The van der Waals surface area contributed by atoms with Crippen LogP contribution >= 0.6 is 39.1 Å². The molecule has 0 radical (unpaired) electrons. The van der Waals surface area contributed by atoms with Crippen LogP contribution in [0.25, 0.3) is 11.3 Å². The zero-order chi connectivity index (χ0) is 25.5. The summed E-state index contributed by atoms with van der Waals surface area (Å²) in [6.07, 6.45) is 1.45. The van der Waals surface area contributed by atoms with Crippen LogP contribution in [0.1, 0.15) is 0 Å². The number of hydrogen-bond donors (Lipinski definition) is 2. The first kappa shape index (κ1) is 28.4. The van der Waals surface area contributed by atoms with Crippen LogP contribution in [0.2, 0.25) is 35.7 Å². The molecule has 3 N–H and O–H groups in total. The van der Waals surface area contributed by atoms with E-state index in [2.05, 4.69) is 45.4 Å². The van der Waals surface area contributed by atoms with Crippen molar-refractivity contribution in [1.29, 1.82) is 0 Å². The number of nitrogens with two attached hydrogens (primary N) is 1. The normalized spacial score (nSPS) is 11.3. The molecule has 0 aliphatic carbocycles. The summed E-state index contributed by atoms with van der Waals surface area (Å²) in [5.41, 5.74) is 7.09. The zero-order valence-electron chi connectivity index (χ0n) is 18.9. The van der Waals surface area contributed by atoms with Crippen LogP contribution in [0.3, 0.4) is 0 Å². The van der Waals surface area contributed by atoms with Crippen molar-refractivity contribution >= 4 is 52.9 Å². The molecule has 0 spiro atoms. The maximum Gasteiger partial charge on any atom is 0.387 e. The highest BCUT2D eigenvalue weighted by Gasteiger charge is 2.19. The Hall–Kier alpha value is -1.85. The number of aromatic nitrogens is 2. The SMILES string of the molecule is C[Si](C)(C)CCOCn1ncc(N)c1-c1cc(Cl)ccc1OC(F)F.Oc1ccc(Cl)cc1Br. The summed E-state index contributed by atoms with van der Waals surface area (Å²) in [6.45, 7) is 4.59. The van der Waals surface area contributed by atoms with Crippen LogP contribution in [-0.4, -0.2) is 36.2 Å². The third-order valence-electron chi connectivity index (χ3n) is 4.40. The number of halogens is 5. The molecule has 0 aliphatic heterocycles. The lowest BCUT2D eigenvalue weighted by Crippen LogP contribution is -2.22. The largest absolute Gasteiger partial charge is 0.507 e. The fourth-order valence-corrected chi connectivity index (χ4v) is 4.30. The maximum absolute atomic E-state index is 12.7. The lowest BCUT2D eigenvalue weighted by molar-refractivity contribution is -0.0494. The second-order valence-corrected chi connectivity index (χ2v) is 15.8. The number of rotatable bonds is 8. The van der Waals surface area contributed by atoms with Crippen molar-refractivity contribution in [3.63, 3.8) is 0 Å². The van der Waals surface area contributed by atoms with Crippen molar-refractivity contribution in [2.45, 2.75) is 39.0 Å². The van der Waals surface area contributed by atoms with Crippen LogP contribution in [0, 0.1) is 0 Å². The Morgan fingerprint density at radius 3 is 2.38 bits per heavy atom. The van der Waals surface area contributed by atoms with E-state index in [1.807, 2.05) is 0 Å². The summed E-state index contributed by atoms with van der Waals surface area (Å²) in [5.74, 6) is 0.189. The molecule has 0 unspecified atom stereocenters. The Morgan fingerprint density at radius 1 is 1.15 bits per heavy atom. The van der Waals surface area contributed by atoms with Gasteiger partial charge in [0.15, 0.2) is 0 Å². The van der Waals surface area contributed by atoms with Crippen LogP contribution < -0.4 is 10.5 Å². The van der Waals surface area contributed by atoms with Crippen molar-refractivity contribution in [2.75, 3.05) is 12.3 Å². The number of phenols is 1. The molecular weight excluding hydrogens is 571 g/mol. The first-order chi connectivity index (χ1) is 15.9. The van der Waals surface area contributed by atoms with Gasteiger partial charge in [0.05, 0.1) is 22.1 Å². The molecule has 186 valence electrons. The van der Waals surface area contributed by atoms with E-state index in [0.29, 0.717) is 38.1 Å². The smallest absolute Gasteiger partial charge is 0.387 e. The average Bonchev–Trinajstić information content (AvgIpc) is 3.09. The molecule has 0 saturated heterocycles. The summed E-state index contributed by atoms with van der Waals surface area (Å²) in [7, 11) is -1.20. The topological polar surface area (TPSA) is 82.5 Å².